The number of aromatic nitrogens is 1. The molecular formula is C20H24F2N4O2. The molecule has 4 rings (SSSR count). The Hall–Kier alpha value is -2.48. The van der Waals surface area contributed by atoms with Crippen LogP contribution in [-0.4, -0.2) is 54.1 Å². The van der Waals surface area contributed by atoms with Crippen LogP contribution in [0, 0.1) is 18.6 Å². The van der Waals surface area contributed by atoms with Gasteiger partial charge in [-0.1, -0.05) is 0 Å². The number of hydrogen-bond donors (Lipinski definition) is 0. The average Bonchev–Trinajstić information content (AvgIpc) is 2.65. The minimum absolute atomic E-state index is 0.0679. The van der Waals surface area contributed by atoms with Gasteiger partial charge >= 0.3 is 0 Å². The van der Waals surface area contributed by atoms with Crippen molar-refractivity contribution in [2.45, 2.75) is 32.9 Å². The second-order valence-electron chi connectivity index (χ2n) is 7.79. The second-order valence-corrected chi connectivity index (χ2v) is 7.79. The molecule has 1 saturated heterocycles. The van der Waals surface area contributed by atoms with Gasteiger partial charge in [-0.3, -0.25) is 14.5 Å². The van der Waals surface area contributed by atoms with Crippen molar-refractivity contribution in [3.63, 3.8) is 0 Å². The molecule has 1 aromatic heterocycles. The van der Waals surface area contributed by atoms with Crippen molar-refractivity contribution in [3.8, 4) is 0 Å². The zero-order chi connectivity index (χ0) is 20.5. The van der Waals surface area contributed by atoms with Crippen molar-refractivity contribution in [2.75, 3.05) is 36.5 Å². The first-order chi connectivity index (χ1) is 13.2. The molecule has 1 amide bonds. The van der Waals surface area contributed by atoms with Gasteiger partial charge in [0.05, 0.1) is 11.2 Å². The van der Waals surface area contributed by atoms with E-state index in [4.69, 9.17) is 0 Å². The summed E-state index contributed by atoms with van der Waals surface area (Å²) in [4.78, 5) is 31.8. The smallest absolute Gasteiger partial charge is 0.277 e. The number of nitrogens with zero attached hydrogens (tertiary/aromatic N) is 4. The number of likely N-dealkylation sites (N-methyl/N-ethyl adjacent to an activating group) is 2. The molecule has 2 unspecified atom stereocenters. The lowest BCUT2D eigenvalue weighted by Gasteiger charge is -2.49. The lowest BCUT2D eigenvalue weighted by atomic mass is 9.97. The molecular weight excluding hydrogens is 366 g/mol. The summed E-state index contributed by atoms with van der Waals surface area (Å²) in [5.74, 6) is -1.56. The van der Waals surface area contributed by atoms with E-state index in [0.29, 0.717) is 30.7 Å². The summed E-state index contributed by atoms with van der Waals surface area (Å²) >= 11 is 0. The highest BCUT2D eigenvalue weighted by Crippen LogP contribution is 2.42. The molecule has 2 aromatic rings. The Morgan fingerprint density at radius 3 is 2.46 bits per heavy atom. The molecule has 8 heteroatoms. The molecule has 2 aliphatic heterocycles. The number of pyridine rings is 1. The number of halogens is 2. The van der Waals surface area contributed by atoms with E-state index in [1.165, 1.54) is 29.5 Å². The molecule has 150 valence electrons. The Labute approximate surface area is 161 Å². The van der Waals surface area contributed by atoms with Crippen molar-refractivity contribution in [2.24, 2.45) is 7.05 Å². The number of hydrogen-bond acceptors (Lipinski definition) is 4. The van der Waals surface area contributed by atoms with Gasteiger partial charge in [-0.25, -0.2) is 8.78 Å². The van der Waals surface area contributed by atoms with Crippen LogP contribution in [0.25, 0.3) is 10.9 Å². The number of anilines is 2. The predicted octanol–water partition coefficient (Wildman–Crippen LogP) is 2.00. The van der Waals surface area contributed by atoms with E-state index in [2.05, 4.69) is 4.90 Å². The van der Waals surface area contributed by atoms with Gasteiger partial charge < -0.3 is 14.4 Å². The molecule has 0 radical (unpaired) electrons. The summed E-state index contributed by atoms with van der Waals surface area (Å²) in [5.41, 5.74) is 0.163. The fourth-order valence-electron chi connectivity index (χ4n) is 4.40. The van der Waals surface area contributed by atoms with Crippen LogP contribution in [0.5, 0.6) is 0 Å². The van der Waals surface area contributed by atoms with Crippen molar-refractivity contribution >= 4 is 28.2 Å². The first-order valence-electron chi connectivity index (χ1n) is 9.48. The maximum absolute atomic E-state index is 15.0. The van der Waals surface area contributed by atoms with E-state index in [1.54, 1.807) is 6.92 Å². The zero-order valence-corrected chi connectivity index (χ0v) is 16.7. The minimum atomic E-state index is -0.740. The maximum atomic E-state index is 15.0. The summed E-state index contributed by atoms with van der Waals surface area (Å²) in [7, 11) is 3.41. The topological polar surface area (TPSA) is 48.8 Å². The van der Waals surface area contributed by atoms with E-state index < -0.39 is 23.2 Å². The summed E-state index contributed by atoms with van der Waals surface area (Å²) < 4.78 is 30.7. The van der Waals surface area contributed by atoms with E-state index in [-0.39, 0.29) is 28.7 Å². The Kier molecular flexibility index (Phi) is 4.22. The van der Waals surface area contributed by atoms with Crippen molar-refractivity contribution in [3.05, 3.63) is 33.6 Å². The van der Waals surface area contributed by atoms with Gasteiger partial charge in [0.15, 0.2) is 5.82 Å². The van der Waals surface area contributed by atoms with E-state index in [0.717, 1.165) is 0 Å². The molecule has 2 aliphatic rings. The molecule has 0 saturated carbocycles. The fourth-order valence-corrected chi connectivity index (χ4v) is 4.40. The summed E-state index contributed by atoms with van der Waals surface area (Å²) in [6.07, 6.45) is 0. The SMILES string of the molecule is CCN1C(=O)C2CN(C)C(C)CN2c2c1c(=O)n(C)c1c(F)c(C)c(F)cc21. The van der Waals surface area contributed by atoms with Gasteiger partial charge in [-0.15, -0.1) is 0 Å². The number of carbonyl (C=O) groups is 1. The highest BCUT2D eigenvalue weighted by atomic mass is 19.1. The van der Waals surface area contributed by atoms with Gasteiger partial charge in [0.1, 0.15) is 17.5 Å². The molecule has 1 aromatic carbocycles. The first-order valence-corrected chi connectivity index (χ1v) is 9.48. The van der Waals surface area contributed by atoms with Crippen LogP contribution in [-0.2, 0) is 11.8 Å². The van der Waals surface area contributed by atoms with Crippen molar-refractivity contribution in [1.29, 1.82) is 0 Å². The highest BCUT2D eigenvalue weighted by molar-refractivity contribution is 6.12. The Balaban J connectivity index is 2.15. The van der Waals surface area contributed by atoms with Gasteiger partial charge in [-0.2, -0.15) is 0 Å². The second kappa shape index (κ2) is 6.27. The van der Waals surface area contributed by atoms with E-state index in [1.807, 2.05) is 18.9 Å². The standard InChI is InChI=1S/C20H24F2N4O2/c1-6-25-18-17(26-8-10(2)23(4)9-14(26)19(25)27)12-7-13(21)11(3)15(22)16(12)24(5)20(18)28/h7,10,14H,6,8-9H2,1-5H3. The van der Waals surface area contributed by atoms with Crippen LogP contribution in [0.1, 0.15) is 19.4 Å². The predicted molar refractivity (Wildman–Crippen MR) is 105 cm³/mol. The zero-order valence-electron chi connectivity index (χ0n) is 16.7. The summed E-state index contributed by atoms with van der Waals surface area (Å²) in [6, 6.07) is 0.927. The Morgan fingerprint density at radius 1 is 1.14 bits per heavy atom. The third-order valence-electron chi connectivity index (χ3n) is 6.22. The maximum Gasteiger partial charge on any atom is 0.277 e. The third kappa shape index (κ3) is 2.33. The monoisotopic (exact) mass is 390 g/mol. The highest BCUT2D eigenvalue weighted by Gasteiger charge is 2.44. The van der Waals surface area contributed by atoms with Crippen LogP contribution in [0.15, 0.2) is 10.9 Å². The van der Waals surface area contributed by atoms with Gasteiger partial charge in [-0.05, 0) is 33.9 Å². The Morgan fingerprint density at radius 2 is 1.82 bits per heavy atom. The minimum Gasteiger partial charge on any atom is -0.354 e. The van der Waals surface area contributed by atoms with Gasteiger partial charge in [0.2, 0.25) is 0 Å². The van der Waals surface area contributed by atoms with E-state index >= 15 is 0 Å². The van der Waals surface area contributed by atoms with Crippen LogP contribution >= 0.6 is 0 Å². The molecule has 3 heterocycles. The number of rotatable bonds is 1. The number of piperazine rings is 1. The van der Waals surface area contributed by atoms with Crippen LogP contribution in [0.4, 0.5) is 20.2 Å². The largest absolute Gasteiger partial charge is 0.354 e. The number of carbonyl (C=O) groups excluding carboxylic acids is 1. The van der Waals surface area contributed by atoms with Crippen molar-refractivity contribution in [1.82, 2.24) is 9.47 Å². The molecule has 6 nitrogen and oxygen atoms in total. The van der Waals surface area contributed by atoms with Crippen LogP contribution in [0.3, 0.4) is 0 Å². The lowest BCUT2D eigenvalue weighted by Crippen LogP contribution is -2.65. The first kappa shape index (κ1) is 18.9. The molecule has 2 atom stereocenters. The van der Waals surface area contributed by atoms with Gasteiger partial charge in [0.25, 0.3) is 11.5 Å². The molecule has 28 heavy (non-hydrogen) atoms. The number of amides is 1. The van der Waals surface area contributed by atoms with Crippen LogP contribution in [0.2, 0.25) is 0 Å². The lowest BCUT2D eigenvalue weighted by molar-refractivity contribution is -0.121. The van der Waals surface area contributed by atoms with Crippen molar-refractivity contribution < 1.29 is 13.6 Å². The average molecular weight is 390 g/mol. The molecule has 0 spiro atoms. The number of fused-ring (bicyclic) bond motifs is 5. The molecule has 1 fully saturated rings. The van der Waals surface area contributed by atoms with Crippen LogP contribution < -0.4 is 15.4 Å². The Bertz CT molecular complexity index is 1060. The molecule has 0 N–H and O–H groups in total. The fraction of sp³-hybridized carbons (Fsp3) is 0.500. The summed E-state index contributed by atoms with van der Waals surface area (Å²) in [6.45, 7) is 6.48. The molecule has 0 bridgehead atoms. The number of benzene rings is 1. The summed E-state index contributed by atoms with van der Waals surface area (Å²) in [5, 5.41) is 0.324. The normalized spacial score (nSPS) is 22.6. The quantitative estimate of drug-likeness (QED) is 0.748. The van der Waals surface area contributed by atoms with E-state index in [9.17, 15) is 18.4 Å². The molecule has 0 aliphatic carbocycles. The van der Waals surface area contributed by atoms with Gasteiger partial charge in [0, 0.05) is 43.7 Å². The third-order valence-corrected chi connectivity index (χ3v) is 6.22. The number of aryl methyl sites for hydroxylation is 1.